The lowest BCUT2D eigenvalue weighted by molar-refractivity contribution is -0.139. The zero-order valence-electron chi connectivity index (χ0n) is 17.2. The number of benzene rings is 2. The minimum absolute atomic E-state index is 0.127. The van der Waals surface area contributed by atoms with E-state index in [1.807, 2.05) is 42.2 Å². The van der Waals surface area contributed by atoms with Gasteiger partial charge in [-0.1, -0.05) is 0 Å². The molecule has 8 nitrogen and oxygen atoms in total. The van der Waals surface area contributed by atoms with Crippen LogP contribution in [-0.2, 0) is 22.5 Å². The van der Waals surface area contributed by atoms with Crippen LogP contribution in [0.3, 0.4) is 0 Å². The number of carbonyl (C=O) groups excluding carboxylic acids is 1. The standard InChI is InChI=1S/C23H21NO7/c1-13-15-4-6-18-17(22(15)31-23(26)16(13)10-21(25)27-2)11-24(12-30-18)14-3-5-19-20(9-14)29-8-7-28-19/h3-6,9H,7-8,10-12H2,1-2H3. The van der Waals surface area contributed by atoms with E-state index in [0.29, 0.717) is 54.7 Å². The Labute approximate surface area is 177 Å². The molecular weight excluding hydrogens is 402 g/mol. The first kappa shape index (κ1) is 19.3. The first-order chi connectivity index (χ1) is 15.0. The molecule has 1 aromatic heterocycles. The van der Waals surface area contributed by atoms with Gasteiger partial charge in [0.15, 0.2) is 18.2 Å². The summed E-state index contributed by atoms with van der Waals surface area (Å²) < 4.78 is 27.6. The maximum Gasteiger partial charge on any atom is 0.340 e. The smallest absolute Gasteiger partial charge is 0.340 e. The highest BCUT2D eigenvalue weighted by molar-refractivity contribution is 5.87. The van der Waals surface area contributed by atoms with Crippen molar-refractivity contribution < 1.29 is 28.2 Å². The predicted molar refractivity (Wildman–Crippen MR) is 112 cm³/mol. The minimum Gasteiger partial charge on any atom is -0.486 e. The fourth-order valence-electron chi connectivity index (χ4n) is 3.98. The van der Waals surface area contributed by atoms with Gasteiger partial charge in [0.1, 0.15) is 24.5 Å². The summed E-state index contributed by atoms with van der Waals surface area (Å²) in [5, 5.41) is 0.768. The molecule has 0 fully saturated rings. The Morgan fingerprint density at radius 3 is 2.65 bits per heavy atom. The lowest BCUT2D eigenvalue weighted by Gasteiger charge is -2.32. The number of carbonyl (C=O) groups is 1. The number of ether oxygens (including phenoxy) is 4. The number of aryl methyl sites for hydroxylation is 1. The van der Waals surface area contributed by atoms with Crippen molar-refractivity contribution in [2.24, 2.45) is 0 Å². The summed E-state index contributed by atoms with van der Waals surface area (Å²) in [6, 6.07) is 9.47. The maximum atomic E-state index is 12.6. The van der Waals surface area contributed by atoms with Gasteiger partial charge in [-0.3, -0.25) is 4.79 Å². The predicted octanol–water partition coefficient (Wildman–Crippen LogP) is 2.94. The van der Waals surface area contributed by atoms with Crippen molar-refractivity contribution in [2.45, 2.75) is 19.9 Å². The van der Waals surface area contributed by atoms with E-state index in [9.17, 15) is 9.59 Å². The van der Waals surface area contributed by atoms with Gasteiger partial charge in [-0.25, -0.2) is 4.79 Å². The van der Waals surface area contributed by atoms with Crippen LogP contribution in [0.1, 0.15) is 16.7 Å². The Morgan fingerprint density at radius 1 is 1.06 bits per heavy atom. The monoisotopic (exact) mass is 423 g/mol. The molecule has 0 bridgehead atoms. The van der Waals surface area contributed by atoms with Crippen molar-refractivity contribution in [3.05, 3.63) is 57.4 Å². The second-order valence-electron chi connectivity index (χ2n) is 7.46. The lowest BCUT2D eigenvalue weighted by Crippen LogP contribution is -2.32. The summed E-state index contributed by atoms with van der Waals surface area (Å²) in [6.07, 6.45) is -0.127. The second kappa shape index (κ2) is 7.54. The molecule has 0 saturated heterocycles. The Hall–Kier alpha value is -3.68. The molecule has 0 saturated carbocycles. The molecule has 0 spiro atoms. The SMILES string of the molecule is COC(=O)Cc1c(C)c2ccc3c(c2oc1=O)CN(c1ccc2c(c1)OCCO2)CO3. The average Bonchev–Trinajstić information content (AvgIpc) is 2.80. The van der Waals surface area contributed by atoms with Crippen LogP contribution in [0, 0.1) is 6.92 Å². The van der Waals surface area contributed by atoms with E-state index in [-0.39, 0.29) is 6.42 Å². The molecule has 2 aliphatic heterocycles. The van der Waals surface area contributed by atoms with Crippen molar-refractivity contribution in [3.63, 3.8) is 0 Å². The highest BCUT2D eigenvalue weighted by Crippen LogP contribution is 2.38. The zero-order chi connectivity index (χ0) is 21.5. The lowest BCUT2D eigenvalue weighted by atomic mass is 10.00. The summed E-state index contributed by atoms with van der Waals surface area (Å²) in [6.45, 7) is 3.70. The molecule has 0 aliphatic carbocycles. The first-order valence-electron chi connectivity index (χ1n) is 9.97. The van der Waals surface area contributed by atoms with Crippen LogP contribution in [-0.4, -0.2) is 33.0 Å². The van der Waals surface area contributed by atoms with Gasteiger partial charge in [0.05, 0.1) is 31.2 Å². The Morgan fingerprint density at radius 2 is 1.84 bits per heavy atom. The zero-order valence-corrected chi connectivity index (χ0v) is 17.2. The largest absolute Gasteiger partial charge is 0.486 e. The number of anilines is 1. The van der Waals surface area contributed by atoms with E-state index in [1.54, 1.807) is 0 Å². The van der Waals surface area contributed by atoms with Gasteiger partial charge < -0.3 is 28.3 Å². The van der Waals surface area contributed by atoms with E-state index < -0.39 is 11.6 Å². The summed E-state index contributed by atoms with van der Waals surface area (Å²) in [7, 11) is 1.29. The molecule has 160 valence electrons. The number of esters is 1. The number of methoxy groups -OCH3 is 1. The minimum atomic E-state index is -0.541. The Balaban J connectivity index is 1.54. The van der Waals surface area contributed by atoms with Crippen LogP contribution in [0.15, 0.2) is 39.5 Å². The number of rotatable bonds is 3. The van der Waals surface area contributed by atoms with Crippen molar-refractivity contribution in [1.29, 1.82) is 0 Å². The van der Waals surface area contributed by atoms with E-state index >= 15 is 0 Å². The van der Waals surface area contributed by atoms with Crippen LogP contribution < -0.4 is 24.7 Å². The van der Waals surface area contributed by atoms with Crippen LogP contribution >= 0.6 is 0 Å². The maximum absolute atomic E-state index is 12.6. The quantitative estimate of drug-likeness (QED) is 0.469. The molecule has 5 rings (SSSR count). The molecule has 0 unspecified atom stereocenters. The topological polar surface area (TPSA) is 87.4 Å². The van der Waals surface area contributed by atoms with Crippen LogP contribution in [0.4, 0.5) is 5.69 Å². The molecule has 0 N–H and O–H groups in total. The summed E-state index contributed by atoms with van der Waals surface area (Å²) in [4.78, 5) is 26.4. The number of nitrogens with zero attached hydrogens (tertiary/aromatic N) is 1. The van der Waals surface area contributed by atoms with Crippen molar-refractivity contribution in [1.82, 2.24) is 0 Å². The molecular formula is C23H21NO7. The summed E-state index contributed by atoms with van der Waals surface area (Å²) in [5.41, 5.74) is 2.63. The van der Waals surface area contributed by atoms with E-state index in [2.05, 4.69) is 0 Å². The van der Waals surface area contributed by atoms with Gasteiger partial charge >= 0.3 is 11.6 Å². The second-order valence-corrected chi connectivity index (χ2v) is 7.46. The third kappa shape index (κ3) is 3.34. The van der Waals surface area contributed by atoms with Gasteiger partial charge in [0.2, 0.25) is 0 Å². The molecule has 0 radical (unpaired) electrons. The number of hydrogen-bond acceptors (Lipinski definition) is 8. The van der Waals surface area contributed by atoms with Crippen molar-refractivity contribution in [3.8, 4) is 17.2 Å². The van der Waals surface area contributed by atoms with Crippen molar-refractivity contribution >= 4 is 22.6 Å². The Bertz CT molecular complexity index is 1250. The molecule has 2 aromatic carbocycles. The molecule has 0 amide bonds. The molecule has 3 aromatic rings. The van der Waals surface area contributed by atoms with E-state index in [0.717, 1.165) is 22.4 Å². The Kier molecular flexibility index (Phi) is 4.69. The van der Waals surface area contributed by atoms with E-state index in [4.69, 9.17) is 23.4 Å². The molecule has 31 heavy (non-hydrogen) atoms. The van der Waals surface area contributed by atoms with Gasteiger partial charge in [0, 0.05) is 17.1 Å². The van der Waals surface area contributed by atoms with Gasteiger partial charge in [-0.2, -0.15) is 0 Å². The highest BCUT2D eigenvalue weighted by Gasteiger charge is 2.25. The number of fused-ring (bicyclic) bond motifs is 4. The van der Waals surface area contributed by atoms with Gasteiger partial charge in [-0.05, 0) is 36.8 Å². The van der Waals surface area contributed by atoms with E-state index in [1.165, 1.54) is 7.11 Å². The fourth-order valence-corrected chi connectivity index (χ4v) is 3.98. The summed E-state index contributed by atoms with van der Waals surface area (Å²) in [5.74, 6) is 1.60. The van der Waals surface area contributed by atoms with Crippen LogP contribution in [0.5, 0.6) is 17.2 Å². The van der Waals surface area contributed by atoms with Crippen LogP contribution in [0.25, 0.3) is 11.0 Å². The molecule has 0 atom stereocenters. The highest BCUT2D eigenvalue weighted by atomic mass is 16.6. The number of hydrogen-bond donors (Lipinski definition) is 0. The third-order valence-electron chi connectivity index (χ3n) is 5.68. The van der Waals surface area contributed by atoms with Crippen molar-refractivity contribution in [2.75, 3.05) is 32.0 Å². The molecule has 8 heteroatoms. The third-order valence-corrected chi connectivity index (χ3v) is 5.68. The fraction of sp³-hybridized carbons (Fsp3) is 0.304. The molecule has 2 aliphatic rings. The van der Waals surface area contributed by atoms with Gasteiger partial charge in [-0.15, -0.1) is 0 Å². The summed E-state index contributed by atoms with van der Waals surface area (Å²) >= 11 is 0. The first-order valence-corrected chi connectivity index (χ1v) is 9.97. The molecule has 3 heterocycles. The van der Waals surface area contributed by atoms with Gasteiger partial charge in [0.25, 0.3) is 0 Å². The average molecular weight is 423 g/mol. The normalized spacial score (nSPS) is 14.7. The van der Waals surface area contributed by atoms with Crippen LogP contribution in [0.2, 0.25) is 0 Å².